The molecule has 2 aliphatic rings. The van der Waals surface area contributed by atoms with E-state index in [0.717, 1.165) is 51.5 Å². The van der Waals surface area contributed by atoms with E-state index in [0.29, 0.717) is 11.8 Å². The molecular formula is C16H26Cl2N4O. The molecule has 2 fully saturated rings. The molecule has 1 aromatic rings. The molecule has 2 aliphatic heterocycles. The Morgan fingerprint density at radius 3 is 2.52 bits per heavy atom. The maximum Gasteiger partial charge on any atom is 0.227 e. The lowest BCUT2D eigenvalue weighted by molar-refractivity contribution is -0.137. The van der Waals surface area contributed by atoms with Crippen molar-refractivity contribution in [2.75, 3.05) is 39.3 Å². The summed E-state index contributed by atoms with van der Waals surface area (Å²) in [5.41, 5.74) is 1.10. The van der Waals surface area contributed by atoms with Crippen LogP contribution in [0.1, 0.15) is 12.6 Å². The zero-order valence-electron chi connectivity index (χ0n) is 13.5. The van der Waals surface area contributed by atoms with Gasteiger partial charge in [0.25, 0.3) is 0 Å². The summed E-state index contributed by atoms with van der Waals surface area (Å²) >= 11 is 0. The first-order valence-electron chi connectivity index (χ1n) is 7.86. The van der Waals surface area contributed by atoms with Crippen molar-refractivity contribution in [2.24, 2.45) is 11.8 Å². The third-order valence-electron chi connectivity index (χ3n) is 4.63. The number of amides is 1. The Morgan fingerprint density at radius 1 is 1.22 bits per heavy atom. The maximum absolute atomic E-state index is 12.5. The number of halogens is 2. The lowest BCUT2D eigenvalue weighted by atomic mass is 9.96. The van der Waals surface area contributed by atoms with Crippen molar-refractivity contribution < 1.29 is 4.79 Å². The molecule has 7 heteroatoms. The van der Waals surface area contributed by atoms with E-state index in [-0.39, 0.29) is 30.7 Å². The summed E-state index contributed by atoms with van der Waals surface area (Å²) in [5, 5.41) is 3.32. The number of carbonyl (C=O) groups is 1. The van der Waals surface area contributed by atoms with E-state index in [1.54, 1.807) is 0 Å². The molecule has 0 aliphatic carbocycles. The Bertz CT molecular complexity index is 480. The van der Waals surface area contributed by atoms with E-state index in [4.69, 9.17) is 0 Å². The van der Waals surface area contributed by atoms with Crippen molar-refractivity contribution in [3.05, 3.63) is 30.1 Å². The second-order valence-corrected chi connectivity index (χ2v) is 6.16. The number of carbonyl (C=O) groups excluding carboxylic acids is 1. The van der Waals surface area contributed by atoms with Gasteiger partial charge in [-0.2, -0.15) is 0 Å². The normalized spacial score (nSPS) is 24.7. The molecule has 3 rings (SSSR count). The van der Waals surface area contributed by atoms with Crippen LogP contribution in [0.3, 0.4) is 0 Å². The topological polar surface area (TPSA) is 48.5 Å². The Labute approximate surface area is 150 Å². The standard InChI is InChI=1S/C16H24N4O.2ClH/c1-13-10-17-11-15(13)16(21)20-8-6-19(7-9-20)12-14-4-2-3-5-18-14;;/h2-5,13,15,17H,6-12H2,1H3;2*1H/t13-,15-;;/m1../s1. The van der Waals surface area contributed by atoms with Crippen molar-refractivity contribution in [1.29, 1.82) is 0 Å². The van der Waals surface area contributed by atoms with Crippen LogP contribution in [0.25, 0.3) is 0 Å². The SMILES string of the molecule is C[C@@H]1CNC[C@H]1C(=O)N1CCN(Cc2ccccn2)CC1.Cl.Cl. The first-order valence-corrected chi connectivity index (χ1v) is 7.86. The van der Waals surface area contributed by atoms with Crippen molar-refractivity contribution in [2.45, 2.75) is 13.5 Å². The second kappa shape index (κ2) is 9.42. The molecule has 1 N–H and O–H groups in total. The van der Waals surface area contributed by atoms with Crippen LogP contribution < -0.4 is 5.32 Å². The van der Waals surface area contributed by atoms with E-state index in [2.05, 4.69) is 28.2 Å². The largest absolute Gasteiger partial charge is 0.340 e. The van der Waals surface area contributed by atoms with E-state index >= 15 is 0 Å². The highest BCUT2D eigenvalue weighted by molar-refractivity contribution is 5.85. The average molecular weight is 361 g/mol. The van der Waals surface area contributed by atoms with Gasteiger partial charge in [0.1, 0.15) is 0 Å². The lowest BCUT2D eigenvalue weighted by Gasteiger charge is -2.36. The molecule has 0 radical (unpaired) electrons. The summed E-state index contributed by atoms with van der Waals surface area (Å²) in [4.78, 5) is 21.3. The van der Waals surface area contributed by atoms with Gasteiger partial charge >= 0.3 is 0 Å². The molecule has 1 aromatic heterocycles. The molecule has 130 valence electrons. The number of rotatable bonds is 3. The number of nitrogens with zero attached hydrogens (tertiary/aromatic N) is 3. The molecule has 23 heavy (non-hydrogen) atoms. The number of nitrogens with one attached hydrogen (secondary N) is 1. The van der Waals surface area contributed by atoms with Crippen molar-refractivity contribution in [1.82, 2.24) is 20.1 Å². The van der Waals surface area contributed by atoms with E-state index < -0.39 is 0 Å². The number of pyridine rings is 1. The third-order valence-corrected chi connectivity index (χ3v) is 4.63. The fourth-order valence-corrected chi connectivity index (χ4v) is 3.22. The van der Waals surface area contributed by atoms with Gasteiger partial charge in [0.15, 0.2) is 0 Å². The first kappa shape index (κ1) is 20.2. The molecule has 0 unspecified atom stereocenters. The van der Waals surface area contributed by atoms with Crippen LogP contribution in [-0.4, -0.2) is 60.0 Å². The van der Waals surface area contributed by atoms with E-state index in [1.807, 2.05) is 23.2 Å². The van der Waals surface area contributed by atoms with Gasteiger partial charge in [-0.15, -0.1) is 24.8 Å². The van der Waals surface area contributed by atoms with Crippen LogP contribution in [0, 0.1) is 11.8 Å². The van der Waals surface area contributed by atoms with Crippen molar-refractivity contribution in [3.63, 3.8) is 0 Å². The van der Waals surface area contributed by atoms with Crippen LogP contribution >= 0.6 is 24.8 Å². The van der Waals surface area contributed by atoms with E-state index in [1.165, 1.54) is 0 Å². The Kier molecular flexibility index (Phi) is 8.26. The molecule has 2 saturated heterocycles. The summed E-state index contributed by atoms with van der Waals surface area (Å²) < 4.78 is 0. The minimum Gasteiger partial charge on any atom is -0.340 e. The minimum absolute atomic E-state index is 0. The van der Waals surface area contributed by atoms with Crippen LogP contribution in [-0.2, 0) is 11.3 Å². The van der Waals surface area contributed by atoms with Crippen LogP contribution in [0.5, 0.6) is 0 Å². The number of hydrogen-bond acceptors (Lipinski definition) is 4. The monoisotopic (exact) mass is 360 g/mol. The van der Waals surface area contributed by atoms with Gasteiger partial charge < -0.3 is 10.2 Å². The van der Waals surface area contributed by atoms with Crippen LogP contribution in [0.2, 0.25) is 0 Å². The van der Waals surface area contributed by atoms with Gasteiger partial charge in [0.2, 0.25) is 5.91 Å². The highest BCUT2D eigenvalue weighted by atomic mass is 35.5. The molecule has 0 bridgehead atoms. The predicted octanol–water partition coefficient (Wildman–Crippen LogP) is 1.42. The minimum atomic E-state index is 0. The van der Waals surface area contributed by atoms with Crippen LogP contribution in [0.4, 0.5) is 0 Å². The fraction of sp³-hybridized carbons (Fsp3) is 0.625. The van der Waals surface area contributed by atoms with Gasteiger partial charge in [-0.25, -0.2) is 0 Å². The molecule has 5 nitrogen and oxygen atoms in total. The summed E-state index contributed by atoms with van der Waals surface area (Å²) in [6.45, 7) is 8.42. The number of aromatic nitrogens is 1. The van der Waals surface area contributed by atoms with Crippen molar-refractivity contribution >= 4 is 30.7 Å². The molecule has 1 amide bonds. The summed E-state index contributed by atoms with van der Waals surface area (Å²) in [6, 6.07) is 6.02. The molecule has 0 saturated carbocycles. The average Bonchev–Trinajstić information content (AvgIpc) is 2.94. The molecule has 3 heterocycles. The Hall–Kier alpha value is -0.880. The quantitative estimate of drug-likeness (QED) is 0.885. The molecule has 0 spiro atoms. The van der Waals surface area contributed by atoms with Gasteiger partial charge in [0.05, 0.1) is 11.6 Å². The second-order valence-electron chi connectivity index (χ2n) is 6.16. The Morgan fingerprint density at radius 2 is 1.96 bits per heavy atom. The number of piperazine rings is 1. The lowest BCUT2D eigenvalue weighted by Crippen LogP contribution is -2.50. The molecular weight excluding hydrogens is 335 g/mol. The smallest absolute Gasteiger partial charge is 0.227 e. The zero-order valence-corrected chi connectivity index (χ0v) is 15.1. The van der Waals surface area contributed by atoms with Crippen LogP contribution in [0.15, 0.2) is 24.4 Å². The fourth-order valence-electron chi connectivity index (χ4n) is 3.22. The van der Waals surface area contributed by atoms with Gasteiger partial charge in [-0.1, -0.05) is 13.0 Å². The van der Waals surface area contributed by atoms with Gasteiger partial charge in [0, 0.05) is 45.5 Å². The zero-order chi connectivity index (χ0) is 14.7. The summed E-state index contributed by atoms with van der Waals surface area (Å²) in [7, 11) is 0. The predicted molar refractivity (Wildman–Crippen MR) is 96.1 cm³/mol. The van der Waals surface area contributed by atoms with Gasteiger partial charge in [-0.3, -0.25) is 14.7 Å². The number of hydrogen-bond donors (Lipinski definition) is 1. The first-order chi connectivity index (χ1) is 10.2. The summed E-state index contributed by atoms with van der Waals surface area (Å²) in [6.07, 6.45) is 1.84. The molecule has 0 aromatic carbocycles. The van der Waals surface area contributed by atoms with Crippen molar-refractivity contribution in [3.8, 4) is 0 Å². The summed E-state index contributed by atoms with van der Waals surface area (Å²) in [5.74, 6) is 0.973. The highest BCUT2D eigenvalue weighted by Crippen LogP contribution is 2.19. The Balaban J connectivity index is 0.00000132. The van der Waals surface area contributed by atoms with E-state index in [9.17, 15) is 4.79 Å². The highest BCUT2D eigenvalue weighted by Gasteiger charge is 2.33. The van der Waals surface area contributed by atoms with Gasteiger partial charge in [-0.05, 0) is 24.6 Å². The maximum atomic E-state index is 12.5. The third kappa shape index (κ3) is 5.05. The molecule has 2 atom stereocenters.